The molecule has 0 aromatic heterocycles. The van der Waals surface area contributed by atoms with Crippen molar-refractivity contribution in [3.05, 3.63) is 88.0 Å². The number of ether oxygens (including phenoxy) is 1. The van der Waals surface area contributed by atoms with Crippen molar-refractivity contribution in [1.29, 1.82) is 5.26 Å². The largest absolute Gasteiger partial charge is 0.495 e. The van der Waals surface area contributed by atoms with Gasteiger partial charge in [0.2, 0.25) is 0 Å². The van der Waals surface area contributed by atoms with E-state index < -0.39 is 14.9 Å². The molecule has 0 atom stereocenters. The first-order chi connectivity index (χ1) is 16.4. The molecule has 3 rings (SSSR count). The van der Waals surface area contributed by atoms with Crippen molar-refractivity contribution in [2.75, 3.05) is 29.4 Å². The first-order valence-electron chi connectivity index (χ1n) is 10.1. The highest BCUT2D eigenvalue weighted by atomic mass is 32.2. The van der Waals surface area contributed by atoms with Gasteiger partial charge in [-0.25, -0.2) is 8.42 Å². The predicted octanol–water partition coefficient (Wildman–Crippen LogP) is 4.62. The summed E-state index contributed by atoms with van der Waals surface area (Å²) < 4.78 is 33.9. The van der Waals surface area contributed by atoms with Crippen molar-refractivity contribution >= 4 is 38.8 Å². The minimum absolute atomic E-state index is 0.217. The highest BCUT2D eigenvalue weighted by molar-refractivity contribution is 7.98. The van der Waals surface area contributed by atoms with Crippen molar-refractivity contribution < 1.29 is 18.1 Å². The van der Waals surface area contributed by atoms with Gasteiger partial charge in [0.15, 0.2) is 0 Å². The van der Waals surface area contributed by atoms with E-state index >= 15 is 0 Å². The van der Waals surface area contributed by atoms with Gasteiger partial charge in [-0.05, 0) is 29.8 Å². The van der Waals surface area contributed by atoms with Crippen LogP contribution in [0.2, 0.25) is 0 Å². The number of para-hydroxylation sites is 2. The van der Waals surface area contributed by atoms with E-state index in [4.69, 9.17) is 4.74 Å². The molecule has 0 aliphatic heterocycles. The molecule has 0 heterocycles. The number of nitro groups is 1. The molecule has 2 N–H and O–H groups in total. The molecule has 176 valence electrons. The fourth-order valence-electron chi connectivity index (χ4n) is 3.12. The van der Waals surface area contributed by atoms with Crippen molar-refractivity contribution in [1.82, 2.24) is 0 Å². The Morgan fingerprint density at radius 2 is 1.82 bits per heavy atom. The Balaban J connectivity index is 1.75. The van der Waals surface area contributed by atoms with Crippen LogP contribution in [0.4, 0.5) is 17.1 Å². The third-order valence-electron chi connectivity index (χ3n) is 4.77. The van der Waals surface area contributed by atoms with Crippen molar-refractivity contribution in [2.24, 2.45) is 0 Å². The van der Waals surface area contributed by atoms with Gasteiger partial charge in [0.25, 0.3) is 15.7 Å². The zero-order valence-electron chi connectivity index (χ0n) is 18.2. The number of thioether (sulfide) groups is 1. The maximum Gasteiger partial charge on any atom is 0.270 e. The quantitative estimate of drug-likeness (QED) is 0.222. The van der Waals surface area contributed by atoms with Crippen LogP contribution in [0, 0.1) is 21.4 Å². The van der Waals surface area contributed by atoms with Crippen molar-refractivity contribution in [2.45, 2.75) is 10.6 Å². The van der Waals surface area contributed by atoms with Gasteiger partial charge in [-0.3, -0.25) is 14.8 Å². The Bertz CT molecular complexity index is 1320. The van der Waals surface area contributed by atoms with E-state index in [0.717, 1.165) is 11.6 Å². The van der Waals surface area contributed by atoms with E-state index in [1.807, 2.05) is 18.2 Å². The minimum Gasteiger partial charge on any atom is -0.495 e. The standard InChI is InChI=1S/C23H22N4O5S2/c1-32-22-9-5-4-8-20(22)26-34(30,31)23-14-19(27(28)29)10-11-21(23)25-12-13-33-16-18-7-3-2-6-17(18)15-24/h2-11,14,25-26H,12-13,16H2,1H3. The molecule has 34 heavy (non-hydrogen) atoms. The second kappa shape index (κ2) is 11.4. The molecule has 3 aromatic carbocycles. The maximum absolute atomic E-state index is 13.1. The number of sulfonamides is 1. The van der Waals surface area contributed by atoms with Gasteiger partial charge in [-0.2, -0.15) is 17.0 Å². The fourth-order valence-corrected chi connectivity index (χ4v) is 5.25. The third-order valence-corrected chi connectivity index (χ3v) is 7.19. The number of non-ortho nitro benzene ring substituents is 1. The fraction of sp³-hybridized carbons (Fsp3) is 0.174. The molecule has 0 aliphatic rings. The summed E-state index contributed by atoms with van der Waals surface area (Å²) >= 11 is 1.58. The van der Waals surface area contributed by atoms with Gasteiger partial charge >= 0.3 is 0 Å². The number of hydrogen-bond donors (Lipinski definition) is 2. The van der Waals surface area contributed by atoms with Crippen LogP contribution in [-0.2, 0) is 15.8 Å². The number of rotatable bonds is 11. The molecule has 0 aliphatic carbocycles. The second-order valence-corrected chi connectivity index (χ2v) is 9.75. The maximum atomic E-state index is 13.1. The highest BCUT2D eigenvalue weighted by Crippen LogP contribution is 2.31. The van der Waals surface area contributed by atoms with Crippen LogP contribution < -0.4 is 14.8 Å². The first-order valence-corrected chi connectivity index (χ1v) is 12.7. The predicted molar refractivity (Wildman–Crippen MR) is 133 cm³/mol. The topological polar surface area (TPSA) is 134 Å². The first kappa shape index (κ1) is 24.9. The molecule has 9 nitrogen and oxygen atoms in total. The molecule has 0 fully saturated rings. The summed E-state index contributed by atoms with van der Waals surface area (Å²) in [5.74, 6) is 1.57. The average Bonchev–Trinajstić information content (AvgIpc) is 2.84. The lowest BCUT2D eigenvalue weighted by Crippen LogP contribution is -2.17. The van der Waals surface area contributed by atoms with E-state index in [2.05, 4.69) is 16.1 Å². The molecule has 0 radical (unpaired) electrons. The summed E-state index contributed by atoms with van der Waals surface area (Å²) in [6, 6.07) is 19.6. The number of nitrogens with one attached hydrogen (secondary N) is 2. The number of anilines is 2. The van der Waals surface area contributed by atoms with Crippen LogP contribution in [0.3, 0.4) is 0 Å². The lowest BCUT2D eigenvalue weighted by molar-refractivity contribution is -0.385. The monoisotopic (exact) mass is 498 g/mol. The summed E-state index contributed by atoms with van der Waals surface area (Å²) in [5, 5.41) is 23.5. The number of nitrogens with zero attached hydrogens (tertiary/aromatic N) is 2. The number of nitriles is 1. The molecule has 0 unspecified atom stereocenters. The Morgan fingerprint density at radius 1 is 1.09 bits per heavy atom. The summed E-state index contributed by atoms with van der Waals surface area (Å²) in [6.07, 6.45) is 0. The highest BCUT2D eigenvalue weighted by Gasteiger charge is 2.23. The SMILES string of the molecule is COc1ccccc1NS(=O)(=O)c1cc([N+](=O)[O-])ccc1NCCSCc1ccccc1C#N. The average molecular weight is 499 g/mol. The van der Waals surface area contributed by atoms with Gasteiger partial charge in [0, 0.05) is 30.2 Å². The minimum atomic E-state index is -4.17. The molecular formula is C23H22N4O5S2. The Hall–Kier alpha value is -3.75. The summed E-state index contributed by atoms with van der Waals surface area (Å²) in [5.41, 5.74) is 1.66. The summed E-state index contributed by atoms with van der Waals surface area (Å²) in [6.45, 7) is 0.411. The second-order valence-electron chi connectivity index (χ2n) is 6.99. The Morgan fingerprint density at radius 3 is 2.56 bits per heavy atom. The van der Waals surface area contributed by atoms with Crippen LogP contribution in [0.25, 0.3) is 0 Å². The van der Waals surface area contributed by atoms with Gasteiger partial charge in [-0.15, -0.1) is 0 Å². The molecule has 0 amide bonds. The van der Waals surface area contributed by atoms with E-state index in [-0.39, 0.29) is 22.0 Å². The van der Waals surface area contributed by atoms with Crippen LogP contribution in [0.1, 0.15) is 11.1 Å². The third kappa shape index (κ3) is 6.18. The van der Waals surface area contributed by atoms with Gasteiger partial charge in [-0.1, -0.05) is 30.3 Å². The molecule has 3 aromatic rings. The lowest BCUT2D eigenvalue weighted by Gasteiger charge is -2.15. The Labute approximate surface area is 202 Å². The number of benzene rings is 3. The molecular weight excluding hydrogens is 476 g/mol. The summed E-state index contributed by atoms with van der Waals surface area (Å²) in [4.78, 5) is 10.4. The zero-order valence-corrected chi connectivity index (χ0v) is 19.9. The van der Waals surface area contributed by atoms with Gasteiger partial charge in [0.05, 0.1) is 35.0 Å². The van der Waals surface area contributed by atoms with E-state index in [9.17, 15) is 23.8 Å². The molecule has 0 saturated heterocycles. The summed E-state index contributed by atoms with van der Waals surface area (Å²) in [7, 11) is -2.75. The van der Waals surface area contributed by atoms with Crippen LogP contribution >= 0.6 is 11.8 Å². The zero-order chi connectivity index (χ0) is 24.6. The normalized spacial score (nSPS) is 10.8. The van der Waals surface area contributed by atoms with Crippen LogP contribution in [-0.4, -0.2) is 32.7 Å². The van der Waals surface area contributed by atoms with E-state index in [0.29, 0.717) is 29.4 Å². The molecule has 0 bridgehead atoms. The molecule has 0 spiro atoms. The number of hydrogen-bond acceptors (Lipinski definition) is 8. The van der Waals surface area contributed by atoms with E-state index in [1.54, 1.807) is 36.0 Å². The van der Waals surface area contributed by atoms with Gasteiger partial charge in [0.1, 0.15) is 10.6 Å². The van der Waals surface area contributed by atoms with Crippen LogP contribution in [0.15, 0.2) is 71.6 Å². The van der Waals surface area contributed by atoms with Gasteiger partial charge < -0.3 is 10.1 Å². The lowest BCUT2D eigenvalue weighted by atomic mass is 10.1. The van der Waals surface area contributed by atoms with E-state index in [1.165, 1.54) is 25.3 Å². The van der Waals surface area contributed by atoms with Crippen molar-refractivity contribution in [3.63, 3.8) is 0 Å². The molecule has 11 heteroatoms. The Kier molecular flexibility index (Phi) is 8.34. The van der Waals surface area contributed by atoms with Crippen molar-refractivity contribution in [3.8, 4) is 11.8 Å². The smallest absolute Gasteiger partial charge is 0.270 e. The van der Waals surface area contributed by atoms with Crippen LogP contribution in [0.5, 0.6) is 5.75 Å². The molecule has 0 saturated carbocycles. The number of nitro benzene ring substituents is 1. The number of methoxy groups -OCH3 is 1.